The van der Waals surface area contributed by atoms with Crippen LogP contribution in [0.4, 0.5) is 10.5 Å². The molecule has 0 radical (unpaired) electrons. The van der Waals surface area contributed by atoms with E-state index in [0.29, 0.717) is 31.0 Å². The van der Waals surface area contributed by atoms with Crippen LogP contribution in [-0.4, -0.2) is 62.2 Å². The molecular weight excluding hydrogens is 400 g/mol. The van der Waals surface area contributed by atoms with Crippen molar-refractivity contribution in [2.45, 2.75) is 23.8 Å². The number of carbonyl (C=O) groups excluding carboxylic acids is 1. The molecule has 10 nitrogen and oxygen atoms in total. The van der Waals surface area contributed by atoms with Crippen LogP contribution in [0.1, 0.15) is 12.8 Å². The molecule has 0 saturated carbocycles. The van der Waals surface area contributed by atoms with Crippen LogP contribution >= 0.6 is 0 Å². The lowest BCUT2D eigenvalue weighted by Gasteiger charge is -2.31. The van der Waals surface area contributed by atoms with Gasteiger partial charge in [-0.15, -0.1) is 0 Å². The van der Waals surface area contributed by atoms with Crippen molar-refractivity contribution in [2.75, 3.05) is 32.6 Å². The molecule has 1 atom stereocenters. The highest BCUT2D eigenvalue weighted by atomic mass is 32.2. The maximum Gasteiger partial charge on any atom is 0.411 e. The molecule has 1 amide bonds. The summed E-state index contributed by atoms with van der Waals surface area (Å²) in [6.45, 7) is 0.595. The summed E-state index contributed by atoms with van der Waals surface area (Å²) in [5.74, 6) is 0.607. The number of amides is 1. The second-order valence-electron chi connectivity index (χ2n) is 6.29. The average Bonchev–Trinajstić information content (AvgIpc) is 2.74. The SMILES string of the molecule is COC(=O)Nc1ccc(S(=O)(=O)N2CCCC(Oc3cncc(OC)n3)C2)cc1. The van der Waals surface area contributed by atoms with Gasteiger partial charge in [-0.25, -0.2) is 13.2 Å². The number of nitrogens with zero attached hydrogens (tertiary/aromatic N) is 3. The van der Waals surface area contributed by atoms with Crippen LogP contribution in [0.5, 0.6) is 11.8 Å². The summed E-state index contributed by atoms with van der Waals surface area (Å²) in [4.78, 5) is 19.5. The van der Waals surface area contributed by atoms with E-state index in [1.807, 2.05) is 0 Å². The monoisotopic (exact) mass is 422 g/mol. The largest absolute Gasteiger partial charge is 0.480 e. The summed E-state index contributed by atoms with van der Waals surface area (Å²) in [5, 5.41) is 2.48. The molecule has 1 aromatic heterocycles. The first-order valence-electron chi connectivity index (χ1n) is 8.90. The van der Waals surface area contributed by atoms with Crippen LogP contribution in [0.15, 0.2) is 41.6 Å². The first-order chi connectivity index (χ1) is 13.9. The zero-order valence-corrected chi connectivity index (χ0v) is 16.9. The van der Waals surface area contributed by atoms with Gasteiger partial charge in [-0.05, 0) is 37.1 Å². The third kappa shape index (κ3) is 5.12. The van der Waals surface area contributed by atoms with Gasteiger partial charge in [-0.2, -0.15) is 9.29 Å². The summed E-state index contributed by atoms with van der Waals surface area (Å²) in [6, 6.07) is 5.90. The zero-order chi connectivity index (χ0) is 20.9. The molecule has 1 aromatic carbocycles. The molecule has 0 bridgehead atoms. The third-order valence-electron chi connectivity index (χ3n) is 4.35. The van der Waals surface area contributed by atoms with Gasteiger partial charge in [0.15, 0.2) is 0 Å². The number of benzene rings is 1. The van der Waals surface area contributed by atoms with Gasteiger partial charge >= 0.3 is 6.09 Å². The number of hydrogen-bond acceptors (Lipinski definition) is 8. The normalized spacial score (nSPS) is 17.4. The highest BCUT2D eigenvalue weighted by Crippen LogP contribution is 2.24. The van der Waals surface area contributed by atoms with E-state index in [4.69, 9.17) is 9.47 Å². The fraction of sp³-hybridized carbons (Fsp3) is 0.389. The van der Waals surface area contributed by atoms with E-state index >= 15 is 0 Å². The quantitative estimate of drug-likeness (QED) is 0.749. The van der Waals surface area contributed by atoms with E-state index in [2.05, 4.69) is 20.0 Å². The Balaban J connectivity index is 1.69. The van der Waals surface area contributed by atoms with Gasteiger partial charge < -0.3 is 14.2 Å². The minimum atomic E-state index is -3.70. The summed E-state index contributed by atoms with van der Waals surface area (Å²) >= 11 is 0. The van der Waals surface area contributed by atoms with Gasteiger partial charge in [0.1, 0.15) is 6.10 Å². The minimum absolute atomic E-state index is 0.134. The standard InChI is InChI=1S/C18H22N4O6S/c1-26-16-10-19-11-17(21-16)28-14-4-3-9-22(12-14)29(24,25)15-7-5-13(6-8-15)20-18(23)27-2/h5-8,10-11,14H,3-4,9,12H2,1-2H3,(H,20,23). The van der Waals surface area contributed by atoms with Crippen molar-refractivity contribution in [3.05, 3.63) is 36.7 Å². The van der Waals surface area contributed by atoms with Gasteiger partial charge in [-0.1, -0.05) is 0 Å². The molecular formula is C18H22N4O6S. The second-order valence-corrected chi connectivity index (χ2v) is 8.22. The van der Waals surface area contributed by atoms with Crippen molar-refractivity contribution in [2.24, 2.45) is 0 Å². The molecule has 1 aliphatic rings. The Morgan fingerprint density at radius 2 is 1.90 bits per heavy atom. The van der Waals surface area contributed by atoms with Crippen LogP contribution in [0.25, 0.3) is 0 Å². The highest BCUT2D eigenvalue weighted by molar-refractivity contribution is 7.89. The molecule has 11 heteroatoms. The van der Waals surface area contributed by atoms with E-state index in [-0.39, 0.29) is 23.4 Å². The van der Waals surface area contributed by atoms with Crippen molar-refractivity contribution < 1.29 is 27.4 Å². The predicted molar refractivity (Wildman–Crippen MR) is 103 cm³/mol. The van der Waals surface area contributed by atoms with E-state index in [1.165, 1.54) is 55.2 Å². The maximum absolute atomic E-state index is 13.0. The molecule has 29 heavy (non-hydrogen) atoms. The summed E-state index contributed by atoms with van der Waals surface area (Å²) in [5.41, 5.74) is 0.437. The number of hydrogen-bond donors (Lipinski definition) is 1. The lowest BCUT2D eigenvalue weighted by Crippen LogP contribution is -2.44. The van der Waals surface area contributed by atoms with Gasteiger partial charge in [0.05, 0.1) is 38.1 Å². The fourth-order valence-electron chi connectivity index (χ4n) is 2.90. The Kier molecular flexibility index (Phi) is 6.49. The number of anilines is 1. The van der Waals surface area contributed by atoms with Crippen molar-refractivity contribution >= 4 is 21.8 Å². The Hall–Kier alpha value is -2.92. The molecule has 1 aliphatic heterocycles. The summed E-state index contributed by atoms with van der Waals surface area (Å²) in [6.07, 6.45) is 3.31. The Labute approximate surface area is 168 Å². The molecule has 156 valence electrons. The number of nitrogens with one attached hydrogen (secondary N) is 1. The molecule has 0 spiro atoms. The Bertz CT molecular complexity index is 951. The van der Waals surface area contributed by atoms with E-state index in [9.17, 15) is 13.2 Å². The minimum Gasteiger partial charge on any atom is -0.480 e. The number of methoxy groups -OCH3 is 2. The molecule has 2 aromatic rings. The fourth-order valence-corrected chi connectivity index (χ4v) is 4.41. The van der Waals surface area contributed by atoms with E-state index in [1.54, 1.807) is 0 Å². The van der Waals surface area contributed by atoms with Crippen LogP contribution in [0.2, 0.25) is 0 Å². The number of ether oxygens (including phenoxy) is 3. The molecule has 2 heterocycles. The van der Waals surface area contributed by atoms with Crippen LogP contribution in [0, 0.1) is 0 Å². The smallest absolute Gasteiger partial charge is 0.411 e. The van der Waals surface area contributed by atoms with E-state index in [0.717, 1.165) is 0 Å². The van der Waals surface area contributed by atoms with Crippen molar-refractivity contribution in [3.8, 4) is 11.8 Å². The first kappa shape index (κ1) is 20.8. The molecule has 1 N–H and O–H groups in total. The summed E-state index contributed by atoms with van der Waals surface area (Å²) < 4.78 is 42.7. The van der Waals surface area contributed by atoms with Gasteiger partial charge in [0.25, 0.3) is 0 Å². The van der Waals surface area contributed by atoms with Crippen molar-refractivity contribution in [1.82, 2.24) is 14.3 Å². The Morgan fingerprint density at radius 3 is 2.59 bits per heavy atom. The van der Waals surface area contributed by atoms with Crippen molar-refractivity contribution in [3.63, 3.8) is 0 Å². The van der Waals surface area contributed by atoms with E-state index < -0.39 is 16.1 Å². The zero-order valence-electron chi connectivity index (χ0n) is 16.1. The van der Waals surface area contributed by atoms with Crippen LogP contribution in [-0.2, 0) is 14.8 Å². The van der Waals surface area contributed by atoms with Crippen LogP contribution < -0.4 is 14.8 Å². The van der Waals surface area contributed by atoms with Gasteiger partial charge in [0, 0.05) is 12.2 Å². The van der Waals surface area contributed by atoms with Gasteiger partial charge in [0.2, 0.25) is 21.8 Å². The lowest BCUT2D eigenvalue weighted by molar-refractivity contribution is 0.123. The predicted octanol–water partition coefficient (Wildman–Crippen LogP) is 1.90. The first-order valence-corrected chi connectivity index (χ1v) is 10.3. The number of sulfonamides is 1. The maximum atomic E-state index is 13.0. The number of carbonyl (C=O) groups is 1. The third-order valence-corrected chi connectivity index (χ3v) is 6.23. The highest BCUT2D eigenvalue weighted by Gasteiger charge is 2.31. The van der Waals surface area contributed by atoms with Crippen molar-refractivity contribution in [1.29, 1.82) is 0 Å². The molecule has 1 unspecified atom stereocenters. The number of rotatable bonds is 6. The molecule has 1 fully saturated rings. The molecule has 3 rings (SSSR count). The Morgan fingerprint density at radius 1 is 1.17 bits per heavy atom. The lowest BCUT2D eigenvalue weighted by atomic mass is 10.1. The topological polar surface area (TPSA) is 120 Å². The average molecular weight is 422 g/mol. The molecule has 1 saturated heterocycles. The van der Waals surface area contributed by atoms with Crippen LogP contribution in [0.3, 0.4) is 0 Å². The number of aromatic nitrogens is 2. The summed E-state index contributed by atoms with van der Waals surface area (Å²) in [7, 11) is -0.971. The van der Waals surface area contributed by atoms with Gasteiger partial charge in [-0.3, -0.25) is 10.3 Å². The number of piperidine rings is 1. The molecule has 0 aliphatic carbocycles. The second kappa shape index (κ2) is 9.05.